The van der Waals surface area contributed by atoms with Gasteiger partial charge in [0.25, 0.3) is 5.91 Å². The van der Waals surface area contributed by atoms with E-state index in [0.29, 0.717) is 18.4 Å². The van der Waals surface area contributed by atoms with E-state index in [1.165, 1.54) is 20.3 Å². The lowest BCUT2D eigenvalue weighted by Crippen LogP contribution is -2.45. The molecule has 13 nitrogen and oxygen atoms in total. The zero-order chi connectivity index (χ0) is 42.5. The second-order valence-corrected chi connectivity index (χ2v) is 14.9. The average Bonchev–Trinajstić information content (AvgIpc) is 3.16. The normalized spacial score (nSPS) is 31.2. The van der Waals surface area contributed by atoms with E-state index in [4.69, 9.17) is 24.2 Å². The Hall–Kier alpha value is -3.59. The molecule has 0 saturated heterocycles. The van der Waals surface area contributed by atoms with Crippen LogP contribution in [0.4, 0.5) is 0 Å². The minimum atomic E-state index is -1.22. The first-order chi connectivity index (χ1) is 26.5. The lowest BCUT2D eigenvalue weighted by molar-refractivity contribution is -0.161. The van der Waals surface area contributed by atoms with Crippen LogP contribution in [0.15, 0.2) is 76.7 Å². The lowest BCUT2D eigenvalue weighted by Gasteiger charge is -2.34. The number of hydrogen-bond donors (Lipinski definition) is 6. The van der Waals surface area contributed by atoms with Crippen molar-refractivity contribution in [3.63, 3.8) is 0 Å². The first-order valence-corrected chi connectivity index (χ1v) is 19.6. The molecule has 6 N–H and O–H groups in total. The number of nitrogens with zero attached hydrogens (tertiary/aromatic N) is 1. The first-order valence-electron chi connectivity index (χ1n) is 19.6. The van der Waals surface area contributed by atoms with Crippen molar-refractivity contribution < 1.29 is 54.2 Å². The largest absolute Gasteiger partial charge is 0.490 e. The number of aliphatic hydroxyl groups excluding tert-OH is 5. The number of rotatable bonds is 16. The van der Waals surface area contributed by atoms with Gasteiger partial charge in [-0.15, -0.1) is 0 Å². The van der Waals surface area contributed by atoms with E-state index in [1.807, 2.05) is 46.8 Å². The summed E-state index contributed by atoms with van der Waals surface area (Å²) in [5, 5.41) is 60.7. The molecule has 1 amide bonds. The molecule has 0 aliphatic carbocycles. The molecule has 0 aromatic rings. The van der Waals surface area contributed by atoms with Crippen LogP contribution in [-0.2, 0) is 28.6 Å². The summed E-state index contributed by atoms with van der Waals surface area (Å²) in [5.41, 5.74) is 1.86. The maximum Gasteiger partial charge on any atom is 0.373 e. The minimum absolute atomic E-state index is 0.0515. The number of nitrogens with one attached hydrogen (secondary N) is 1. The molecule has 318 valence electrons. The van der Waals surface area contributed by atoms with Crippen molar-refractivity contribution in [2.75, 3.05) is 34.0 Å². The van der Waals surface area contributed by atoms with Crippen molar-refractivity contribution in [3.05, 3.63) is 71.6 Å². The van der Waals surface area contributed by atoms with Gasteiger partial charge in [-0.25, -0.2) is 4.79 Å². The van der Waals surface area contributed by atoms with Crippen LogP contribution in [0.3, 0.4) is 0 Å². The summed E-state index contributed by atoms with van der Waals surface area (Å²) < 4.78 is 17.5. The van der Waals surface area contributed by atoms with Crippen molar-refractivity contribution in [2.45, 2.75) is 112 Å². The van der Waals surface area contributed by atoms with Crippen LogP contribution in [0.2, 0.25) is 0 Å². The van der Waals surface area contributed by atoms with E-state index in [9.17, 15) is 30.0 Å². The Morgan fingerprint density at radius 3 is 2.38 bits per heavy atom. The smallest absolute Gasteiger partial charge is 0.373 e. The molecule has 13 heteroatoms. The van der Waals surface area contributed by atoms with Gasteiger partial charge in [0.2, 0.25) is 5.76 Å². The van der Waals surface area contributed by atoms with E-state index in [2.05, 4.69) is 10.5 Å². The molecule has 0 radical (unpaired) electrons. The number of carbonyl (C=O) groups excluding carboxylic acids is 2. The zero-order valence-electron chi connectivity index (χ0n) is 35.3. The lowest BCUT2D eigenvalue weighted by atomic mass is 9.79. The Labute approximate surface area is 334 Å². The Kier molecular flexibility index (Phi) is 23.7. The number of esters is 1. The predicted octanol–water partition coefficient (Wildman–Crippen LogP) is 4.56. The fourth-order valence-corrected chi connectivity index (χ4v) is 6.71. The predicted molar refractivity (Wildman–Crippen MR) is 218 cm³/mol. The summed E-state index contributed by atoms with van der Waals surface area (Å²) in [7, 11) is 2.82. The Morgan fingerprint density at radius 1 is 1.11 bits per heavy atom. The van der Waals surface area contributed by atoms with Gasteiger partial charge in [-0.2, -0.15) is 0 Å². The summed E-state index contributed by atoms with van der Waals surface area (Å²) in [4.78, 5) is 31.3. The van der Waals surface area contributed by atoms with Gasteiger partial charge in [-0.1, -0.05) is 100 Å². The standard InChI is InChI=1S/C43H70N2O11/c1-12-15-35(47)28(5)18-19-34(45-55-25-38(48)44-20-21-46)31(8)41(51)32(9)42-36(53-10)17-14-16-26(3)22-29(6)39(49)33(13-2)40(50)30(7)23-27(4)24-37(54-11)43(52)56-42/h12,14-19,23-24,28-33,35-36,39-42,46-47,49-51H,13,20-22,25H2,1-11H3,(H,44,48)/b15-12+,17-14-,19-18+,26-16-,27-23-,37-24+,45-34-. The number of cyclic esters (lactones) is 1. The van der Waals surface area contributed by atoms with E-state index >= 15 is 0 Å². The van der Waals surface area contributed by atoms with Crippen molar-refractivity contribution in [2.24, 2.45) is 40.7 Å². The van der Waals surface area contributed by atoms with Gasteiger partial charge in [-0.3, -0.25) is 4.79 Å². The quantitative estimate of drug-likeness (QED) is 0.0555. The van der Waals surface area contributed by atoms with Crippen LogP contribution >= 0.6 is 0 Å². The van der Waals surface area contributed by atoms with Crippen LogP contribution < -0.4 is 5.32 Å². The third-order valence-electron chi connectivity index (χ3n) is 10.3. The second kappa shape index (κ2) is 26.4. The molecular formula is C43H70N2O11. The highest BCUT2D eigenvalue weighted by Gasteiger charge is 2.38. The zero-order valence-corrected chi connectivity index (χ0v) is 35.3. The van der Waals surface area contributed by atoms with Gasteiger partial charge >= 0.3 is 5.97 Å². The summed E-state index contributed by atoms with van der Waals surface area (Å²) in [6.07, 6.45) is 11.1. The van der Waals surface area contributed by atoms with Gasteiger partial charge in [0.15, 0.2) is 6.61 Å². The molecule has 0 aromatic carbocycles. The number of methoxy groups -OCH3 is 2. The van der Waals surface area contributed by atoms with E-state index in [-0.39, 0.29) is 48.3 Å². The monoisotopic (exact) mass is 790 g/mol. The highest BCUT2D eigenvalue weighted by atomic mass is 16.6. The van der Waals surface area contributed by atoms with Gasteiger partial charge < -0.3 is 49.9 Å². The molecular weight excluding hydrogens is 720 g/mol. The fourth-order valence-electron chi connectivity index (χ4n) is 6.71. The molecule has 1 heterocycles. The molecule has 12 atom stereocenters. The Balaban J connectivity index is 3.75. The number of oxime groups is 1. The summed E-state index contributed by atoms with van der Waals surface area (Å²) >= 11 is 0. The third-order valence-corrected chi connectivity index (χ3v) is 10.3. The molecule has 0 spiro atoms. The van der Waals surface area contributed by atoms with Gasteiger partial charge in [0.1, 0.15) is 12.2 Å². The number of aliphatic hydroxyl groups is 5. The van der Waals surface area contributed by atoms with Crippen molar-refractivity contribution >= 4 is 17.6 Å². The molecule has 56 heavy (non-hydrogen) atoms. The Bertz CT molecular complexity index is 1420. The van der Waals surface area contributed by atoms with Crippen LogP contribution in [0.25, 0.3) is 0 Å². The molecule has 0 saturated carbocycles. The summed E-state index contributed by atoms with van der Waals surface area (Å²) in [6, 6.07) is 0. The molecule has 0 aromatic heterocycles. The number of ether oxygens (including phenoxy) is 3. The van der Waals surface area contributed by atoms with Gasteiger partial charge in [-0.05, 0) is 51.7 Å². The van der Waals surface area contributed by atoms with Crippen LogP contribution in [0, 0.1) is 35.5 Å². The van der Waals surface area contributed by atoms with Gasteiger partial charge in [0, 0.05) is 43.2 Å². The number of hydrogen-bond acceptors (Lipinski definition) is 12. The molecule has 1 aliphatic heterocycles. The van der Waals surface area contributed by atoms with Crippen molar-refractivity contribution in [3.8, 4) is 0 Å². The maximum absolute atomic E-state index is 13.8. The van der Waals surface area contributed by atoms with Crippen molar-refractivity contribution in [1.82, 2.24) is 5.32 Å². The topological polar surface area (TPSA) is 197 Å². The van der Waals surface area contributed by atoms with E-state index in [1.54, 1.807) is 64.2 Å². The summed E-state index contributed by atoms with van der Waals surface area (Å²) in [5.74, 6) is -4.15. The second-order valence-electron chi connectivity index (χ2n) is 14.9. The SMILES string of the molecule is C/C=C/C(O)C(C)/C=C/C(=N/OCC(=O)NCCO)C(C)C(O)C(C)C1OC(=O)/C(OC)=C\C(C)=C/C(C)C(O)C(CC)C(O)C(C)C/C(C)=C\C=C/C1OC. The molecule has 1 aliphatic rings. The van der Waals surface area contributed by atoms with Crippen LogP contribution in [-0.4, -0.2) is 114 Å². The third kappa shape index (κ3) is 16.5. The first kappa shape index (κ1) is 50.4. The van der Waals surface area contributed by atoms with Gasteiger partial charge in [0.05, 0.1) is 43.8 Å². The Morgan fingerprint density at radius 2 is 1.79 bits per heavy atom. The fraction of sp³-hybridized carbons (Fsp3) is 0.651. The van der Waals surface area contributed by atoms with Crippen molar-refractivity contribution in [1.29, 1.82) is 0 Å². The number of amides is 1. The van der Waals surface area contributed by atoms with Crippen LogP contribution in [0.5, 0.6) is 0 Å². The van der Waals surface area contributed by atoms with Crippen LogP contribution in [0.1, 0.15) is 75.2 Å². The minimum Gasteiger partial charge on any atom is -0.490 e. The van der Waals surface area contributed by atoms with E-state index in [0.717, 1.165) is 5.57 Å². The molecule has 0 bridgehead atoms. The summed E-state index contributed by atoms with van der Waals surface area (Å²) in [6.45, 7) is 15.9. The molecule has 0 fully saturated rings. The maximum atomic E-state index is 13.8. The number of allylic oxidation sites excluding steroid dienone is 7. The van der Waals surface area contributed by atoms with E-state index < -0.39 is 66.9 Å². The average molecular weight is 791 g/mol. The highest BCUT2D eigenvalue weighted by Crippen LogP contribution is 2.30. The molecule has 12 unspecified atom stereocenters. The number of carbonyl (C=O) groups is 2. The molecule has 1 rings (SSSR count). The highest BCUT2D eigenvalue weighted by molar-refractivity contribution is 5.96.